The molecule has 1 atom stereocenters. The molecule has 110 valence electrons. The van der Waals surface area contributed by atoms with Crippen molar-refractivity contribution in [3.63, 3.8) is 0 Å². The van der Waals surface area contributed by atoms with E-state index in [9.17, 15) is 9.59 Å². The van der Waals surface area contributed by atoms with E-state index in [0.29, 0.717) is 6.42 Å². The van der Waals surface area contributed by atoms with Crippen molar-refractivity contribution in [2.24, 2.45) is 0 Å². The highest BCUT2D eigenvalue weighted by atomic mass is 16.4. The van der Waals surface area contributed by atoms with Crippen LogP contribution in [0.5, 0.6) is 0 Å². The van der Waals surface area contributed by atoms with E-state index in [1.165, 1.54) is 0 Å². The van der Waals surface area contributed by atoms with E-state index < -0.39 is 18.0 Å². The van der Waals surface area contributed by atoms with Gasteiger partial charge in [0.05, 0.1) is 0 Å². The highest BCUT2D eigenvalue weighted by Gasteiger charge is 2.19. The monoisotopic (exact) mass is 278 g/mol. The molecular weight excluding hydrogens is 256 g/mol. The molecule has 0 fully saturated rings. The molecule has 0 spiro atoms. The molecule has 5 heteroatoms. The van der Waals surface area contributed by atoms with Crippen molar-refractivity contribution in [3.05, 3.63) is 29.3 Å². The van der Waals surface area contributed by atoms with Crippen LogP contribution in [0.15, 0.2) is 18.2 Å². The Morgan fingerprint density at radius 1 is 1.30 bits per heavy atom. The summed E-state index contributed by atoms with van der Waals surface area (Å²) in [5.74, 6) is -0.761. The summed E-state index contributed by atoms with van der Waals surface area (Å²) in [4.78, 5) is 22.8. The maximum atomic E-state index is 11.9. The number of carbonyl (C=O) groups is 2. The number of benzene rings is 1. The van der Waals surface area contributed by atoms with Crippen molar-refractivity contribution >= 4 is 17.7 Å². The van der Waals surface area contributed by atoms with Crippen LogP contribution in [0.4, 0.5) is 10.5 Å². The van der Waals surface area contributed by atoms with Gasteiger partial charge in [0.1, 0.15) is 6.04 Å². The predicted octanol–water partition coefficient (Wildman–Crippen LogP) is 3.10. The Balaban J connectivity index is 2.88. The predicted molar refractivity (Wildman–Crippen MR) is 79.1 cm³/mol. The fraction of sp³-hybridized carbons (Fsp3) is 0.467. The molecule has 0 aliphatic heterocycles. The van der Waals surface area contributed by atoms with Gasteiger partial charge in [-0.3, -0.25) is 0 Å². The molecule has 0 aromatic heterocycles. The SMILES string of the molecule is CC[C@@H](NC(=O)Nc1c(C)cccc1C(C)C)C(=O)O. The quantitative estimate of drug-likeness (QED) is 0.774. The number of anilines is 1. The molecule has 20 heavy (non-hydrogen) atoms. The van der Waals surface area contributed by atoms with E-state index in [2.05, 4.69) is 10.6 Å². The molecule has 3 N–H and O–H groups in total. The zero-order valence-corrected chi connectivity index (χ0v) is 12.4. The molecule has 0 saturated heterocycles. The van der Waals surface area contributed by atoms with Gasteiger partial charge in [-0.1, -0.05) is 39.0 Å². The lowest BCUT2D eigenvalue weighted by atomic mass is 9.98. The van der Waals surface area contributed by atoms with Crippen LogP contribution < -0.4 is 10.6 Å². The maximum absolute atomic E-state index is 11.9. The molecule has 0 unspecified atom stereocenters. The minimum absolute atomic E-state index is 0.270. The highest BCUT2D eigenvalue weighted by molar-refractivity contribution is 5.93. The van der Waals surface area contributed by atoms with E-state index >= 15 is 0 Å². The van der Waals surface area contributed by atoms with E-state index in [0.717, 1.165) is 16.8 Å². The van der Waals surface area contributed by atoms with Crippen molar-refractivity contribution in [3.8, 4) is 0 Å². The van der Waals surface area contributed by atoms with E-state index in [-0.39, 0.29) is 5.92 Å². The molecule has 0 bridgehead atoms. The van der Waals surface area contributed by atoms with Gasteiger partial charge in [-0.25, -0.2) is 9.59 Å². The van der Waals surface area contributed by atoms with Gasteiger partial charge in [0.2, 0.25) is 0 Å². The average Bonchev–Trinajstić information content (AvgIpc) is 2.37. The van der Waals surface area contributed by atoms with Gasteiger partial charge >= 0.3 is 12.0 Å². The number of rotatable bonds is 5. The number of nitrogens with one attached hydrogen (secondary N) is 2. The van der Waals surface area contributed by atoms with Crippen molar-refractivity contribution in [2.75, 3.05) is 5.32 Å². The number of carboxylic acids is 1. The lowest BCUT2D eigenvalue weighted by Gasteiger charge is -2.18. The van der Waals surface area contributed by atoms with Gasteiger partial charge in [0, 0.05) is 5.69 Å². The van der Waals surface area contributed by atoms with Gasteiger partial charge < -0.3 is 15.7 Å². The van der Waals surface area contributed by atoms with E-state index in [1.54, 1.807) is 6.92 Å². The smallest absolute Gasteiger partial charge is 0.326 e. The van der Waals surface area contributed by atoms with Gasteiger partial charge in [0.15, 0.2) is 0 Å². The van der Waals surface area contributed by atoms with Crippen molar-refractivity contribution < 1.29 is 14.7 Å². The van der Waals surface area contributed by atoms with Crippen LogP contribution in [0, 0.1) is 6.92 Å². The van der Waals surface area contributed by atoms with Gasteiger partial charge in [0.25, 0.3) is 0 Å². The van der Waals surface area contributed by atoms with Crippen LogP contribution in [-0.4, -0.2) is 23.1 Å². The second-order valence-corrected chi connectivity index (χ2v) is 5.09. The third-order valence-electron chi connectivity index (χ3n) is 3.18. The van der Waals surface area contributed by atoms with Crippen LogP contribution in [-0.2, 0) is 4.79 Å². The third kappa shape index (κ3) is 3.98. The lowest BCUT2D eigenvalue weighted by Crippen LogP contribution is -2.42. The van der Waals surface area contributed by atoms with Crippen LogP contribution in [0.3, 0.4) is 0 Å². The largest absolute Gasteiger partial charge is 0.480 e. The van der Waals surface area contributed by atoms with Crippen LogP contribution >= 0.6 is 0 Å². The molecule has 1 aromatic rings. The molecule has 0 aliphatic rings. The summed E-state index contributed by atoms with van der Waals surface area (Å²) >= 11 is 0. The fourth-order valence-corrected chi connectivity index (χ4v) is 1.99. The summed E-state index contributed by atoms with van der Waals surface area (Å²) in [5.41, 5.74) is 2.73. The Morgan fingerprint density at radius 3 is 2.45 bits per heavy atom. The molecule has 5 nitrogen and oxygen atoms in total. The maximum Gasteiger partial charge on any atom is 0.326 e. The minimum atomic E-state index is -1.03. The number of carboxylic acid groups (broad SMARTS) is 1. The van der Waals surface area contributed by atoms with Gasteiger partial charge in [-0.05, 0) is 30.4 Å². The van der Waals surface area contributed by atoms with Gasteiger partial charge in [-0.2, -0.15) is 0 Å². The average molecular weight is 278 g/mol. The molecule has 0 saturated carbocycles. The van der Waals surface area contributed by atoms with Crippen molar-refractivity contribution in [2.45, 2.75) is 46.1 Å². The Labute approximate surface area is 119 Å². The summed E-state index contributed by atoms with van der Waals surface area (Å²) in [5, 5.41) is 14.2. The normalized spacial score (nSPS) is 12.1. The first-order valence-corrected chi connectivity index (χ1v) is 6.76. The van der Waals surface area contributed by atoms with E-state index in [1.807, 2.05) is 39.0 Å². The number of aryl methyl sites for hydroxylation is 1. The van der Waals surface area contributed by atoms with Crippen molar-refractivity contribution in [1.29, 1.82) is 0 Å². The van der Waals surface area contributed by atoms with Crippen molar-refractivity contribution in [1.82, 2.24) is 5.32 Å². The number of hydrogen-bond acceptors (Lipinski definition) is 2. The fourth-order valence-electron chi connectivity index (χ4n) is 1.99. The molecule has 1 rings (SSSR count). The Morgan fingerprint density at radius 2 is 1.95 bits per heavy atom. The molecule has 1 aromatic carbocycles. The first kappa shape index (κ1) is 16.0. The topological polar surface area (TPSA) is 78.4 Å². The first-order chi connectivity index (χ1) is 9.36. The second kappa shape index (κ2) is 6.93. The summed E-state index contributed by atoms with van der Waals surface area (Å²) < 4.78 is 0. The number of carbonyl (C=O) groups excluding carboxylic acids is 1. The first-order valence-electron chi connectivity index (χ1n) is 6.76. The molecule has 0 aliphatic carbocycles. The lowest BCUT2D eigenvalue weighted by molar-refractivity contribution is -0.139. The van der Waals surface area contributed by atoms with Crippen LogP contribution in [0.2, 0.25) is 0 Å². The minimum Gasteiger partial charge on any atom is -0.480 e. The Bertz CT molecular complexity index is 498. The van der Waals surface area contributed by atoms with Gasteiger partial charge in [-0.15, -0.1) is 0 Å². The number of amides is 2. The Kier molecular flexibility index (Phi) is 5.55. The Hall–Kier alpha value is -2.04. The summed E-state index contributed by atoms with van der Waals surface area (Å²) in [7, 11) is 0. The number of para-hydroxylation sites is 1. The molecule has 2 amide bonds. The second-order valence-electron chi connectivity index (χ2n) is 5.09. The van der Waals surface area contributed by atoms with Crippen LogP contribution in [0.25, 0.3) is 0 Å². The summed E-state index contributed by atoms with van der Waals surface area (Å²) in [6, 6.07) is 4.45. The van der Waals surface area contributed by atoms with E-state index in [4.69, 9.17) is 5.11 Å². The summed E-state index contributed by atoms with van der Waals surface area (Å²) in [6.07, 6.45) is 0.341. The molecule has 0 radical (unpaired) electrons. The summed E-state index contributed by atoms with van der Waals surface area (Å²) in [6.45, 7) is 7.72. The molecule has 0 heterocycles. The zero-order chi connectivity index (χ0) is 15.3. The number of urea groups is 1. The number of hydrogen-bond donors (Lipinski definition) is 3. The zero-order valence-electron chi connectivity index (χ0n) is 12.4. The third-order valence-corrected chi connectivity index (χ3v) is 3.18. The van der Waals surface area contributed by atoms with Crippen LogP contribution in [0.1, 0.15) is 44.2 Å². The highest BCUT2D eigenvalue weighted by Crippen LogP contribution is 2.27. The molecular formula is C15H22N2O3. The standard InChI is InChI=1S/C15H22N2O3/c1-5-12(14(18)19)16-15(20)17-13-10(4)7-6-8-11(13)9(2)3/h6-9,12H,5H2,1-4H3,(H,18,19)(H2,16,17,20)/t12-/m1/s1. The number of aliphatic carboxylic acids is 1.